The minimum absolute atomic E-state index is 0.162. The van der Waals surface area contributed by atoms with E-state index >= 15 is 0 Å². The number of hydrogen-bond donors (Lipinski definition) is 2. The number of anilines is 1. The number of aryl methyl sites for hydroxylation is 1. The summed E-state index contributed by atoms with van der Waals surface area (Å²) in [6.07, 6.45) is -0.549. The van der Waals surface area contributed by atoms with E-state index in [4.69, 9.17) is 5.73 Å². The van der Waals surface area contributed by atoms with E-state index < -0.39 is 16.1 Å². The number of nitrogen functional groups attached to an aromatic ring is 1. The van der Waals surface area contributed by atoms with Crippen LogP contribution in [-0.4, -0.2) is 37.0 Å². The van der Waals surface area contributed by atoms with E-state index in [0.717, 1.165) is 5.56 Å². The molecule has 3 N–H and O–H groups in total. The molecule has 1 aromatic carbocycles. The van der Waals surface area contributed by atoms with Crippen molar-refractivity contribution in [2.45, 2.75) is 24.8 Å². The van der Waals surface area contributed by atoms with Crippen LogP contribution in [0.5, 0.6) is 0 Å². The van der Waals surface area contributed by atoms with Crippen molar-refractivity contribution in [2.75, 3.05) is 18.8 Å². The van der Waals surface area contributed by atoms with Crippen LogP contribution in [0.1, 0.15) is 11.1 Å². The maximum Gasteiger partial charge on any atom is 0.243 e. The van der Waals surface area contributed by atoms with Gasteiger partial charge in [0.05, 0.1) is 11.0 Å². The molecule has 1 aromatic rings. The molecule has 1 heterocycles. The van der Waals surface area contributed by atoms with Gasteiger partial charge in [0.25, 0.3) is 0 Å². The quantitative estimate of drug-likeness (QED) is 0.743. The summed E-state index contributed by atoms with van der Waals surface area (Å²) in [4.78, 5) is 0.238. The van der Waals surface area contributed by atoms with E-state index in [9.17, 15) is 13.5 Å². The Morgan fingerprint density at radius 1 is 1.35 bits per heavy atom. The molecule has 0 bridgehead atoms. The van der Waals surface area contributed by atoms with E-state index in [1.54, 1.807) is 26.0 Å². The van der Waals surface area contributed by atoms with Gasteiger partial charge in [0, 0.05) is 18.8 Å². The SMILES string of the molecule is Cc1cc(N)c(C)c(S(=O)(=O)N2CC(O)C2)c1. The topological polar surface area (TPSA) is 83.6 Å². The smallest absolute Gasteiger partial charge is 0.243 e. The van der Waals surface area contributed by atoms with Crippen molar-refractivity contribution in [3.63, 3.8) is 0 Å². The molecular formula is C11H16N2O3S. The molecule has 0 amide bonds. The molecule has 6 heteroatoms. The van der Waals surface area contributed by atoms with Gasteiger partial charge >= 0.3 is 0 Å². The zero-order valence-corrected chi connectivity index (χ0v) is 10.7. The first-order chi connectivity index (χ1) is 7.82. The van der Waals surface area contributed by atoms with Crippen molar-refractivity contribution in [3.8, 4) is 0 Å². The molecule has 0 aromatic heterocycles. The van der Waals surface area contributed by atoms with Crippen LogP contribution >= 0.6 is 0 Å². The van der Waals surface area contributed by atoms with Crippen LogP contribution in [0.4, 0.5) is 5.69 Å². The van der Waals surface area contributed by atoms with Crippen molar-refractivity contribution >= 4 is 15.7 Å². The third kappa shape index (κ3) is 2.03. The molecule has 0 radical (unpaired) electrons. The fraction of sp³-hybridized carbons (Fsp3) is 0.455. The van der Waals surface area contributed by atoms with E-state index in [1.807, 2.05) is 0 Å². The van der Waals surface area contributed by atoms with Crippen molar-refractivity contribution in [3.05, 3.63) is 23.3 Å². The minimum Gasteiger partial charge on any atom is -0.398 e. The van der Waals surface area contributed by atoms with Gasteiger partial charge in [0.2, 0.25) is 10.0 Å². The molecule has 94 valence electrons. The molecule has 1 aliphatic heterocycles. The molecule has 0 spiro atoms. The Kier molecular flexibility index (Phi) is 2.89. The van der Waals surface area contributed by atoms with Gasteiger partial charge < -0.3 is 10.8 Å². The van der Waals surface area contributed by atoms with E-state index in [0.29, 0.717) is 11.3 Å². The molecule has 0 unspecified atom stereocenters. The Bertz CT molecular complexity index is 548. The van der Waals surface area contributed by atoms with Crippen LogP contribution in [-0.2, 0) is 10.0 Å². The van der Waals surface area contributed by atoms with Crippen molar-refractivity contribution < 1.29 is 13.5 Å². The lowest BCUT2D eigenvalue weighted by Gasteiger charge is -2.35. The van der Waals surface area contributed by atoms with E-state index in [2.05, 4.69) is 0 Å². The summed E-state index contributed by atoms with van der Waals surface area (Å²) in [5.74, 6) is 0. The highest BCUT2D eigenvalue weighted by Crippen LogP contribution is 2.28. The lowest BCUT2D eigenvalue weighted by Crippen LogP contribution is -2.53. The predicted octanol–water partition coefficient (Wildman–Crippen LogP) is 0.251. The summed E-state index contributed by atoms with van der Waals surface area (Å²) in [6.45, 7) is 3.82. The highest BCUT2D eigenvalue weighted by atomic mass is 32.2. The molecule has 17 heavy (non-hydrogen) atoms. The first-order valence-electron chi connectivity index (χ1n) is 5.37. The fourth-order valence-electron chi connectivity index (χ4n) is 1.87. The third-order valence-electron chi connectivity index (χ3n) is 2.99. The monoisotopic (exact) mass is 256 g/mol. The lowest BCUT2D eigenvalue weighted by molar-refractivity contribution is 0.0547. The molecule has 5 nitrogen and oxygen atoms in total. The van der Waals surface area contributed by atoms with Gasteiger partial charge in [-0.3, -0.25) is 0 Å². The Morgan fingerprint density at radius 3 is 2.47 bits per heavy atom. The number of nitrogens with two attached hydrogens (primary N) is 1. The number of sulfonamides is 1. The predicted molar refractivity (Wildman–Crippen MR) is 65.1 cm³/mol. The number of rotatable bonds is 2. The average Bonchev–Trinajstić information content (AvgIpc) is 2.18. The molecule has 0 atom stereocenters. The van der Waals surface area contributed by atoms with Gasteiger partial charge in [0.15, 0.2) is 0 Å². The highest BCUT2D eigenvalue weighted by molar-refractivity contribution is 7.89. The Labute approximate surface area is 101 Å². The number of aliphatic hydroxyl groups excluding tert-OH is 1. The lowest BCUT2D eigenvalue weighted by atomic mass is 10.1. The second kappa shape index (κ2) is 3.97. The van der Waals surface area contributed by atoms with Gasteiger partial charge in [-0.2, -0.15) is 4.31 Å². The molecule has 0 saturated carbocycles. The summed E-state index contributed by atoms with van der Waals surface area (Å²) in [6, 6.07) is 3.37. The summed E-state index contributed by atoms with van der Waals surface area (Å²) in [7, 11) is -3.52. The Morgan fingerprint density at radius 2 is 1.94 bits per heavy atom. The van der Waals surface area contributed by atoms with Crippen molar-refractivity contribution in [1.29, 1.82) is 0 Å². The zero-order valence-electron chi connectivity index (χ0n) is 9.84. The largest absolute Gasteiger partial charge is 0.398 e. The van der Waals surface area contributed by atoms with Gasteiger partial charge in [-0.05, 0) is 37.1 Å². The van der Waals surface area contributed by atoms with Crippen LogP contribution in [0.25, 0.3) is 0 Å². The number of β-amino-alcohol motifs (C(OH)–C–C–N with tert-alkyl or cyclic N) is 1. The summed E-state index contributed by atoms with van der Waals surface area (Å²) in [5.41, 5.74) is 7.63. The zero-order chi connectivity index (χ0) is 12.8. The Hall–Kier alpha value is -1.11. The molecule has 2 rings (SSSR count). The summed E-state index contributed by atoms with van der Waals surface area (Å²) in [5, 5.41) is 9.18. The molecule has 1 fully saturated rings. The van der Waals surface area contributed by atoms with E-state index in [-0.39, 0.29) is 18.0 Å². The second-order valence-electron chi connectivity index (χ2n) is 4.45. The van der Waals surface area contributed by atoms with Crippen molar-refractivity contribution in [2.24, 2.45) is 0 Å². The van der Waals surface area contributed by atoms with Gasteiger partial charge in [-0.15, -0.1) is 0 Å². The molecular weight excluding hydrogens is 240 g/mol. The van der Waals surface area contributed by atoms with Crippen LogP contribution in [0, 0.1) is 13.8 Å². The molecule has 1 saturated heterocycles. The average molecular weight is 256 g/mol. The van der Waals surface area contributed by atoms with Crippen LogP contribution < -0.4 is 5.73 Å². The number of benzene rings is 1. The third-order valence-corrected chi connectivity index (χ3v) is 4.95. The van der Waals surface area contributed by atoms with Crippen LogP contribution in [0.2, 0.25) is 0 Å². The normalized spacial score (nSPS) is 18.1. The fourth-order valence-corrected chi connectivity index (χ4v) is 3.73. The summed E-state index contributed by atoms with van der Waals surface area (Å²) < 4.78 is 25.8. The highest BCUT2D eigenvalue weighted by Gasteiger charge is 2.36. The standard InChI is InChI=1S/C11H16N2O3S/c1-7-3-10(12)8(2)11(4-7)17(15,16)13-5-9(14)6-13/h3-4,9,14H,5-6,12H2,1-2H3. The van der Waals surface area contributed by atoms with Crippen molar-refractivity contribution in [1.82, 2.24) is 4.31 Å². The first-order valence-corrected chi connectivity index (χ1v) is 6.81. The maximum absolute atomic E-state index is 12.2. The first kappa shape index (κ1) is 12.3. The number of nitrogens with zero attached hydrogens (tertiary/aromatic N) is 1. The number of aliphatic hydroxyl groups is 1. The Balaban J connectivity index is 2.47. The number of hydrogen-bond acceptors (Lipinski definition) is 4. The van der Waals surface area contributed by atoms with E-state index in [1.165, 1.54) is 4.31 Å². The van der Waals surface area contributed by atoms with Crippen LogP contribution in [0.3, 0.4) is 0 Å². The maximum atomic E-state index is 12.2. The van der Waals surface area contributed by atoms with Crippen LogP contribution in [0.15, 0.2) is 17.0 Å². The van der Waals surface area contributed by atoms with Gasteiger partial charge in [-0.1, -0.05) is 0 Å². The summed E-state index contributed by atoms with van der Waals surface area (Å²) >= 11 is 0. The molecule has 1 aliphatic rings. The molecule has 0 aliphatic carbocycles. The second-order valence-corrected chi connectivity index (χ2v) is 6.36. The minimum atomic E-state index is -3.52. The van der Waals surface area contributed by atoms with Gasteiger partial charge in [-0.25, -0.2) is 8.42 Å². The van der Waals surface area contributed by atoms with Gasteiger partial charge in [0.1, 0.15) is 0 Å².